The number of ether oxygens (including phenoxy) is 2. The average molecular weight is 449 g/mol. The fourth-order valence-corrected chi connectivity index (χ4v) is 3.11. The molecule has 0 saturated carbocycles. The fourth-order valence-electron chi connectivity index (χ4n) is 3.11. The third-order valence-corrected chi connectivity index (χ3v) is 4.90. The topological polar surface area (TPSA) is 77.1 Å². The Morgan fingerprint density at radius 2 is 1.69 bits per heavy atom. The van der Waals surface area contributed by atoms with Crippen LogP contribution in [0.2, 0.25) is 0 Å². The van der Waals surface area contributed by atoms with Gasteiger partial charge in [-0.05, 0) is 30.4 Å². The van der Waals surface area contributed by atoms with Crippen LogP contribution >= 0.6 is 0 Å². The van der Waals surface area contributed by atoms with Gasteiger partial charge in [-0.25, -0.2) is 4.79 Å². The second kappa shape index (κ2) is 9.07. The molecule has 0 N–H and O–H groups in total. The van der Waals surface area contributed by atoms with Crippen LogP contribution in [0.3, 0.4) is 0 Å². The number of nitriles is 1. The van der Waals surface area contributed by atoms with Gasteiger partial charge in [-0.2, -0.15) is 23.5 Å². The van der Waals surface area contributed by atoms with E-state index in [2.05, 4.69) is 36.7 Å². The van der Waals surface area contributed by atoms with Crippen molar-refractivity contribution in [2.45, 2.75) is 59.4 Å². The molecule has 2 aromatic rings. The monoisotopic (exact) mass is 449 g/mol. The molecule has 0 spiro atoms. The van der Waals surface area contributed by atoms with E-state index in [1.807, 2.05) is 12.1 Å². The zero-order valence-corrected chi connectivity index (χ0v) is 19.1. The number of aryl methyl sites for hydroxylation is 2. The summed E-state index contributed by atoms with van der Waals surface area (Å²) in [5.74, 6) is -2.41. The van der Waals surface area contributed by atoms with Crippen molar-refractivity contribution in [3.63, 3.8) is 0 Å². The summed E-state index contributed by atoms with van der Waals surface area (Å²) in [7, 11) is 1.63. The number of allylic oxidation sites excluding steroid dienone is 1. The Labute approximate surface area is 185 Å². The molecule has 0 radical (unpaired) electrons. The normalized spacial score (nSPS) is 13.8. The Morgan fingerprint density at radius 3 is 2.09 bits per heavy atom. The Balaban J connectivity index is 2.61. The van der Waals surface area contributed by atoms with Gasteiger partial charge in [0.25, 0.3) is 0 Å². The summed E-state index contributed by atoms with van der Waals surface area (Å²) in [6, 6.07) is 9.31. The molecular weight excluding hydrogens is 423 g/mol. The molecule has 0 aliphatic rings. The van der Waals surface area contributed by atoms with Crippen LogP contribution in [-0.4, -0.2) is 28.2 Å². The maximum atomic E-state index is 12.6. The molecule has 2 rings (SSSR count). The van der Waals surface area contributed by atoms with Gasteiger partial charge in [-0.1, -0.05) is 45.0 Å². The maximum absolute atomic E-state index is 12.6. The van der Waals surface area contributed by atoms with E-state index in [0.29, 0.717) is 22.5 Å². The number of nitrogens with zero attached hydrogens (tertiary/aromatic N) is 3. The first-order chi connectivity index (χ1) is 14.7. The number of hydrogen-bond donors (Lipinski definition) is 0. The van der Waals surface area contributed by atoms with Crippen molar-refractivity contribution in [1.82, 2.24) is 9.78 Å². The molecule has 1 unspecified atom stereocenters. The van der Waals surface area contributed by atoms with Gasteiger partial charge in [0.15, 0.2) is 5.76 Å². The fraction of sp³-hybridized carbons (Fsp3) is 0.435. The zero-order valence-electron chi connectivity index (χ0n) is 19.1. The Kier molecular flexibility index (Phi) is 7.08. The number of alkyl halides is 3. The Morgan fingerprint density at radius 1 is 1.12 bits per heavy atom. The summed E-state index contributed by atoms with van der Waals surface area (Å²) < 4.78 is 49.3. The molecule has 1 atom stereocenters. The highest BCUT2D eigenvalue weighted by Gasteiger charge is 2.42. The Bertz CT molecular complexity index is 1070. The molecule has 32 heavy (non-hydrogen) atoms. The minimum atomic E-state index is -5.17. The smallest absolute Gasteiger partial charge is 0.451 e. The van der Waals surface area contributed by atoms with Crippen molar-refractivity contribution in [2.24, 2.45) is 7.05 Å². The van der Waals surface area contributed by atoms with Gasteiger partial charge in [-0.15, -0.1) is 0 Å². The van der Waals surface area contributed by atoms with Crippen LogP contribution in [0.5, 0.6) is 0 Å². The van der Waals surface area contributed by atoms with E-state index in [-0.39, 0.29) is 16.7 Å². The number of carbonyl (C=O) groups is 1. The molecule has 0 fully saturated rings. The van der Waals surface area contributed by atoms with Gasteiger partial charge in [0.05, 0.1) is 5.69 Å². The molecule has 0 aliphatic heterocycles. The summed E-state index contributed by atoms with van der Waals surface area (Å²) in [5.41, 5.74) is 3.24. The lowest BCUT2D eigenvalue weighted by Crippen LogP contribution is -2.30. The third kappa shape index (κ3) is 5.49. The number of carbonyl (C=O) groups excluding carboxylic acids is 1. The first-order valence-electron chi connectivity index (χ1n) is 9.87. The van der Waals surface area contributed by atoms with Gasteiger partial charge in [0.2, 0.25) is 6.29 Å². The standard InChI is InChI=1S/C23H26F3N3O3/c1-13-14(2)28-29(7)19(13)20(31-15(3)32-21(30)23(24,25)26)18(12-27)16-8-10-17(11-9-16)22(4,5)6/h8-11,15H,1-7H3/b20-18-. The number of halogens is 3. The highest BCUT2D eigenvalue weighted by molar-refractivity contribution is 5.94. The van der Waals surface area contributed by atoms with Gasteiger partial charge in [0, 0.05) is 19.5 Å². The van der Waals surface area contributed by atoms with Gasteiger partial charge in [-0.3, -0.25) is 4.68 Å². The number of aromatic nitrogens is 2. The largest absolute Gasteiger partial charge is 0.491 e. The summed E-state index contributed by atoms with van der Waals surface area (Å²) in [6.07, 6.45) is -6.77. The highest BCUT2D eigenvalue weighted by atomic mass is 19.4. The first kappa shape index (κ1) is 25.0. The lowest BCUT2D eigenvalue weighted by Gasteiger charge is -2.21. The molecule has 0 aliphatic carbocycles. The van der Waals surface area contributed by atoms with Crippen LogP contribution < -0.4 is 0 Å². The first-order valence-corrected chi connectivity index (χ1v) is 9.87. The number of benzene rings is 1. The van der Waals surface area contributed by atoms with Crippen LogP contribution in [0.4, 0.5) is 13.2 Å². The van der Waals surface area contributed by atoms with Gasteiger partial charge >= 0.3 is 12.1 Å². The second-order valence-electron chi connectivity index (χ2n) is 8.41. The molecular formula is C23H26F3N3O3. The van der Waals surface area contributed by atoms with Gasteiger partial charge < -0.3 is 9.47 Å². The van der Waals surface area contributed by atoms with E-state index in [0.717, 1.165) is 12.5 Å². The van der Waals surface area contributed by atoms with Crippen LogP contribution in [0.1, 0.15) is 55.8 Å². The molecule has 1 heterocycles. The maximum Gasteiger partial charge on any atom is 0.491 e. The highest BCUT2D eigenvalue weighted by Crippen LogP contribution is 2.33. The van der Waals surface area contributed by atoms with Crippen molar-refractivity contribution < 1.29 is 27.4 Å². The van der Waals surface area contributed by atoms with E-state index in [4.69, 9.17) is 4.74 Å². The number of hydrogen-bond acceptors (Lipinski definition) is 5. The minimum Gasteiger partial charge on any atom is -0.451 e. The lowest BCUT2D eigenvalue weighted by atomic mass is 9.86. The van der Waals surface area contributed by atoms with E-state index in [1.54, 1.807) is 33.0 Å². The molecule has 0 saturated heterocycles. The van der Waals surface area contributed by atoms with Crippen LogP contribution in [0, 0.1) is 25.2 Å². The molecule has 0 amide bonds. The molecule has 1 aromatic carbocycles. The summed E-state index contributed by atoms with van der Waals surface area (Å²) in [4.78, 5) is 11.2. The van der Waals surface area contributed by atoms with Crippen molar-refractivity contribution in [3.8, 4) is 6.07 Å². The molecule has 172 valence electrons. The van der Waals surface area contributed by atoms with E-state index < -0.39 is 18.4 Å². The number of esters is 1. The van der Waals surface area contributed by atoms with Crippen LogP contribution in [0.25, 0.3) is 11.3 Å². The van der Waals surface area contributed by atoms with E-state index in [9.17, 15) is 23.2 Å². The zero-order chi connectivity index (χ0) is 24.4. The summed E-state index contributed by atoms with van der Waals surface area (Å²) >= 11 is 0. The van der Waals surface area contributed by atoms with Crippen molar-refractivity contribution >= 4 is 17.3 Å². The second-order valence-corrected chi connectivity index (χ2v) is 8.41. The molecule has 9 heteroatoms. The SMILES string of the molecule is Cc1nn(C)c(/C(OC(C)OC(=O)C(F)(F)F)=C(\C#N)c2ccc(C(C)(C)C)cc2)c1C. The summed E-state index contributed by atoms with van der Waals surface area (Å²) in [6.45, 7) is 10.8. The van der Waals surface area contributed by atoms with Crippen molar-refractivity contribution in [1.29, 1.82) is 5.26 Å². The van der Waals surface area contributed by atoms with Crippen LogP contribution in [0.15, 0.2) is 24.3 Å². The van der Waals surface area contributed by atoms with Crippen molar-refractivity contribution in [3.05, 3.63) is 52.3 Å². The van der Waals surface area contributed by atoms with E-state index in [1.165, 1.54) is 4.68 Å². The average Bonchev–Trinajstić information content (AvgIpc) is 2.92. The quantitative estimate of drug-likeness (QED) is 0.272. The predicted molar refractivity (Wildman–Crippen MR) is 113 cm³/mol. The third-order valence-electron chi connectivity index (χ3n) is 4.90. The van der Waals surface area contributed by atoms with Crippen LogP contribution in [-0.2, 0) is 26.7 Å². The Hall–Kier alpha value is -3.28. The minimum absolute atomic E-state index is 0.0286. The van der Waals surface area contributed by atoms with Gasteiger partial charge in [0.1, 0.15) is 17.3 Å². The van der Waals surface area contributed by atoms with E-state index >= 15 is 0 Å². The molecule has 6 nitrogen and oxygen atoms in total. The summed E-state index contributed by atoms with van der Waals surface area (Å²) in [5, 5.41) is 14.2. The lowest BCUT2D eigenvalue weighted by molar-refractivity contribution is -0.216. The predicted octanol–water partition coefficient (Wildman–Crippen LogP) is 5.19. The van der Waals surface area contributed by atoms with Crippen molar-refractivity contribution in [2.75, 3.05) is 0 Å². The molecule has 0 bridgehead atoms. The number of rotatable bonds is 5. The molecule has 1 aromatic heterocycles.